The van der Waals surface area contributed by atoms with Crippen LogP contribution in [0.2, 0.25) is 5.02 Å². The standard InChI is InChI=1S/C24H17ClN2O2/c1-14-23-20(21(13-28-23)16-7-9-17(25)10-8-16)11-19-18(15-5-3-2-4-6-15)12-22(27-26)29-24(14)19/h2-13H,26H2,1H3/b27-22-. The lowest BCUT2D eigenvalue weighted by Crippen LogP contribution is -2.05. The molecule has 0 spiro atoms. The van der Waals surface area contributed by atoms with Crippen molar-refractivity contribution in [2.24, 2.45) is 10.9 Å². The molecule has 0 unspecified atom stereocenters. The fraction of sp³-hybridized carbons (Fsp3) is 0.0417. The summed E-state index contributed by atoms with van der Waals surface area (Å²) in [6.45, 7) is 1.98. The molecule has 0 aliphatic heterocycles. The molecule has 4 nitrogen and oxygen atoms in total. The molecule has 0 saturated carbocycles. The summed E-state index contributed by atoms with van der Waals surface area (Å²) in [7, 11) is 0. The van der Waals surface area contributed by atoms with Gasteiger partial charge in [0.25, 0.3) is 0 Å². The maximum absolute atomic E-state index is 6.06. The van der Waals surface area contributed by atoms with Gasteiger partial charge in [-0.2, -0.15) is 0 Å². The Morgan fingerprint density at radius 3 is 2.24 bits per heavy atom. The first-order chi connectivity index (χ1) is 14.2. The fourth-order valence-corrected chi connectivity index (χ4v) is 3.88. The molecule has 29 heavy (non-hydrogen) atoms. The fourth-order valence-electron chi connectivity index (χ4n) is 3.76. The van der Waals surface area contributed by atoms with Gasteiger partial charge in [-0.3, -0.25) is 0 Å². The van der Waals surface area contributed by atoms with Crippen LogP contribution in [0.1, 0.15) is 5.56 Å². The Balaban J connectivity index is 1.88. The zero-order chi connectivity index (χ0) is 20.0. The quantitative estimate of drug-likeness (QED) is 0.281. The van der Waals surface area contributed by atoms with Crippen molar-refractivity contribution in [1.29, 1.82) is 0 Å². The third-order valence-corrected chi connectivity index (χ3v) is 5.43. The Morgan fingerprint density at radius 2 is 1.52 bits per heavy atom. The monoisotopic (exact) mass is 400 g/mol. The van der Waals surface area contributed by atoms with Crippen LogP contribution in [0.3, 0.4) is 0 Å². The molecule has 2 heterocycles. The molecule has 5 rings (SSSR count). The van der Waals surface area contributed by atoms with Crippen molar-refractivity contribution >= 4 is 33.5 Å². The van der Waals surface area contributed by atoms with Gasteiger partial charge >= 0.3 is 0 Å². The van der Waals surface area contributed by atoms with Crippen LogP contribution in [-0.2, 0) is 0 Å². The van der Waals surface area contributed by atoms with E-state index in [1.807, 2.05) is 55.5 Å². The van der Waals surface area contributed by atoms with Gasteiger partial charge in [-0.25, -0.2) is 0 Å². The predicted octanol–water partition coefficient (Wildman–Crippen LogP) is 6.25. The first kappa shape index (κ1) is 17.6. The number of nitrogens with two attached hydrogens (primary N) is 1. The predicted molar refractivity (Wildman–Crippen MR) is 116 cm³/mol. The highest BCUT2D eigenvalue weighted by molar-refractivity contribution is 6.30. The van der Waals surface area contributed by atoms with Gasteiger partial charge in [-0.15, -0.1) is 5.10 Å². The van der Waals surface area contributed by atoms with Crippen molar-refractivity contribution in [3.63, 3.8) is 0 Å². The molecule has 2 N–H and O–H groups in total. The van der Waals surface area contributed by atoms with Crippen molar-refractivity contribution < 1.29 is 8.83 Å². The molecule has 0 amide bonds. The number of nitrogens with zero attached hydrogens (tertiary/aromatic N) is 1. The Morgan fingerprint density at radius 1 is 0.828 bits per heavy atom. The van der Waals surface area contributed by atoms with E-state index in [9.17, 15) is 0 Å². The van der Waals surface area contributed by atoms with E-state index < -0.39 is 0 Å². The molecule has 0 radical (unpaired) electrons. The maximum atomic E-state index is 6.06. The van der Waals surface area contributed by atoms with Gasteiger partial charge in [0.15, 0.2) is 0 Å². The van der Waals surface area contributed by atoms with Gasteiger partial charge < -0.3 is 14.7 Å². The average molecular weight is 401 g/mol. The lowest BCUT2D eigenvalue weighted by molar-refractivity contribution is 0.534. The number of hydrogen-bond donors (Lipinski definition) is 1. The van der Waals surface area contributed by atoms with Crippen LogP contribution in [0.25, 0.3) is 44.2 Å². The highest BCUT2D eigenvalue weighted by Crippen LogP contribution is 2.39. The van der Waals surface area contributed by atoms with Crippen LogP contribution in [0, 0.1) is 6.92 Å². The third-order valence-electron chi connectivity index (χ3n) is 5.18. The molecular weight excluding hydrogens is 384 g/mol. The minimum Gasteiger partial charge on any atom is -0.463 e. The van der Waals surface area contributed by atoms with Gasteiger partial charge in [-0.05, 0) is 41.8 Å². The molecule has 0 atom stereocenters. The van der Waals surface area contributed by atoms with Crippen molar-refractivity contribution in [3.05, 3.63) is 89.1 Å². The number of hydrogen-bond acceptors (Lipinski definition) is 4. The van der Waals surface area contributed by atoms with Crippen LogP contribution in [0.4, 0.5) is 0 Å². The van der Waals surface area contributed by atoms with E-state index in [0.717, 1.165) is 44.2 Å². The van der Waals surface area contributed by atoms with Gasteiger partial charge in [0.05, 0.1) is 6.26 Å². The summed E-state index contributed by atoms with van der Waals surface area (Å²) in [5.74, 6) is 5.54. The summed E-state index contributed by atoms with van der Waals surface area (Å²) in [5.41, 5.74) is 6.87. The summed E-state index contributed by atoms with van der Waals surface area (Å²) < 4.78 is 11.9. The average Bonchev–Trinajstić information content (AvgIpc) is 3.19. The highest BCUT2D eigenvalue weighted by Gasteiger charge is 2.17. The summed E-state index contributed by atoms with van der Waals surface area (Å²) >= 11 is 6.06. The second-order valence-electron chi connectivity index (χ2n) is 6.90. The minimum atomic E-state index is 0.364. The highest BCUT2D eigenvalue weighted by atomic mass is 35.5. The van der Waals surface area contributed by atoms with Crippen LogP contribution in [0.5, 0.6) is 0 Å². The molecule has 2 aromatic heterocycles. The number of halogens is 1. The lowest BCUT2D eigenvalue weighted by atomic mass is 9.96. The molecule has 0 aliphatic carbocycles. The zero-order valence-corrected chi connectivity index (χ0v) is 16.4. The van der Waals surface area contributed by atoms with Crippen molar-refractivity contribution in [2.45, 2.75) is 6.92 Å². The minimum absolute atomic E-state index is 0.364. The third kappa shape index (κ3) is 2.89. The van der Waals surface area contributed by atoms with E-state index in [4.69, 9.17) is 26.3 Å². The summed E-state index contributed by atoms with van der Waals surface area (Å²) in [6.07, 6.45) is 1.77. The second kappa shape index (κ2) is 6.83. The van der Waals surface area contributed by atoms with E-state index in [2.05, 4.69) is 23.3 Å². The number of furan rings is 1. The van der Waals surface area contributed by atoms with Crippen LogP contribution in [0.15, 0.2) is 86.9 Å². The maximum Gasteiger partial charge on any atom is 0.236 e. The van der Waals surface area contributed by atoms with Gasteiger partial charge in [0.1, 0.15) is 11.2 Å². The van der Waals surface area contributed by atoms with Crippen molar-refractivity contribution in [3.8, 4) is 22.3 Å². The van der Waals surface area contributed by atoms with Gasteiger partial charge in [0, 0.05) is 33.0 Å². The smallest absolute Gasteiger partial charge is 0.236 e. The second-order valence-corrected chi connectivity index (χ2v) is 7.34. The Kier molecular flexibility index (Phi) is 4.14. The summed E-state index contributed by atoms with van der Waals surface area (Å²) in [5, 5.41) is 6.47. The molecule has 0 aliphatic rings. The van der Waals surface area contributed by atoms with E-state index in [1.54, 1.807) is 6.26 Å². The largest absolute Gasteiger partial charge is 0.463 e. The molecule has 5 aromatic rings. The summed E-state index contributed by atoms with van der Waals surface area (Å²) in [4.78, 5) is 0. The Bertz CT molecular complexity index is 1420. The SMILES string of the molecule is Cc1c2occ(-c3ccc(Cl)cc3)c2cc2c(-c3ccccc3)c/c(=N/N)oc12. The number of fused-ring (bicyclic) bond motifs is 2. The van der Waals surface area contributed by atoms with Gasteiger partial charge in [-0.1, -0.05) is 54.1 Å². The van der Waals surface area contributed by atoms with Gasteiger partial charge in [0.2, 0.25) is 5.55 Å². The molecule has 0 saturated heterocycles. The molecule has 5 heteroatoms. The van der Waals surface area contributed by atoms with Crippen LogP contribution in [-0.4, -0.2) is 0 Å². The van der Waals surface area contributed by atoms with Crippen molar-refractivity contribution in [1.82, 2.24) is 0 Å². The van der Waals surface area contributed by atoms with Crippen molar-refractivity contribution in [2.75, 3.05) is 0 Å². The topological polar surface area (TPSA) is 64.7 Å². The van der Waals surface area contributed by atoms with Crippen LogP contribution < -0.4 is 11.4 Å². The molecular formula is C24H17ClN2O2. The number of benzene rings is 3. The zero-order valence-electron chi connectivity index (χ0n) is 15.6. The molecule has 0 bridgehead atoms. The molecule has 3 aromatic carbocycles. The van der Waals surface area contributed by atoms with E-state index >= 15 is 0 Å². The summed E-state index contributed by atoms with van der Waals surface area (Å²) in [6, 6.07) is 21.8. The Hall–Kier alpha value is -3.50. The Labute approximate surface area is 171 Å². The normalized spacial score (nSPS) is 12.1. The lowest BCUT2D eigenvalue weighted by Gasteiger charge is -2.09. The first-order valence-corrected chi connectivity index (χ1v) is 9.57. The molecule has 0 fully saturated rings. The first-order valence-electron chi connectivity index (χ1n) is 9.19. The number of rotatable bonds is 2. The van der Waals surface area contributed by atoms with E-state index in [-0.39, 0.29) is 0 Å². The van der Waals surface area contributed by atoms with E-state index in [1.165, 1.54) is 0 Å². The van der Waals surface area contributed by atoms with E-state index in [0.29, 0.717) is 16.2 Å². The van der Waals surface area contributed by atoms with Crippen LogP contribution >= 0.6 is 11.6 Å². The molecule has 142 valence electrons. The number of aryl methyl sites for hydroxylation is 1.